The summed E-state index contributed by atoms with van der Waals surface area (Å²) in [6.07, 6.45) is 5.90. The molecule has 2 aromatic heterocycles. The zero-order valence-electron chi connectivity index (χ0n) is 14.7. The number of aromatic nitrogens is 5. The Bertz CT molecular complexity index is 912. The summed E-state index contributed by atoms with van der Waals surface area (Å²) in [5.74, 6) is 4.26. The largest absolute Gasteiger partial charge is 0.493 e. The zero-order valence-corrected chi connectivity index (χ0v) is 14.7. The van der Waals surface area contributed by atoms with Crippen LogP contribution in [-0.2, 0) is 19.5 Å². The maximum Gasteiger partial charge on any atom is 0.171 e. The van der Waals surface area contributed by atoms with Crippen LogP contribution in [0.3, 0.4) is 0 Å². The average Bonchev–Trinajstić information content (AvgIpc) is 3.32. The van der Waals surface area contributed by atoms with Gasteiger partial charge in [0.2, 0.25) is 0 Å². The van der Waals surface area contributed by atoms with Gasteiger partial charge in [-0.05, 0) is 31.0 Å². The topological polar surface area (TPSA) is 67.0 Å². The molecule has 1 aliphatic rings. The lowest BCUT2D eigenvalue weighted by Gasteiger charge is -2.15. The molecule has 0 fully saturated rings. The molecule has 1 aliphatic heterocycles. The summed E-state index contributed by atoms with van der Waals surface area (Å²) in [6, 6.07) is 4.02. The van der Waals surface area contributed by atoms with Gasteiger partial charge >= 0.3 is 0 Å². The fraction of sp³-hybridized carbons (Fsp3) is 0.389. The van der Waals surface area contributed by atoms with Gasteiger partial charge in [0.1, 0.15) is 11.6 Å². The molecule has 3 aromatic rings. The molecule has 130 valence electrons. The Morgan fingerprint density at radius 3 is 2.84 bits per heavy atom. The molecular weight excluding hydrogens is 318 g/mol. The molecule has 1 aromatic carbocycles. The lowest BCUT2D eigenvalue weighted by atomic mass is 10.1. The van der Waals surface area contributed by atoms with Gasteiger partial charge in [0.15, 0.2) is 17.3 Å². The van der Waals surface area contributed by atoms with E-state index >= 15 is 0 Å². The predicted molar refractivity (Wildman–Crippen MR) is 92.9 cm³/mol. The highest BCUT2D eigenvalue weighted by atomic mass is 16.5. The molecule has 7 nitrogen and oxygen atoms in total. The highest BCUT2D eigenvalue weighted by Crippen LogP contribution is 2.38. The molecule has 0 spiro atoms. The normalized spacial score (nSPS) is 13.1. The van der Waals surface area contributed by atoms with Gasteiger partial charge in [-0.1, -0.05) is 0 Å². The van der Waals surface area contributed by atoms with Crippen LogP contribution >= 0.6 is 0 Å². The SMILES string of the molecule is COc1cc(C)cc(-c2nccn2Cc2nnc3n2CCC3)c1OC. The number of hydrogen-bond donors (Lipinski definition) is 0. The van der Waals surface area contributed by atoms with Crippen molar-refractivity contribution >= 4 is 0 Å². The Hall–Kier alpha value is -2.83. The summed E-state index contributed by atoms with van der Waals surface area (Å²) in [4.78, 5) is 4.56. The van der Waals surface area contributed by atoms with Crippen molar-refractivity contribution in [1.82, 2.24) is 24.3 Å². The third-order valence-electron chi connectivity index (χ3n) is 4.58. The Labute approximate surface area is 146 Å². The lowest BCUT2D eigenvalue weighted by Crippen LogP contribution is -2.09. The molecule has 0 radical (unpaired) electrons. The minimum absolute atomic E-state index is 0.627. The maximum absolute atomic E-state index is 5.60. The Morgan fingerprint density at radius 1 is 1.16 bits per heavy atom. The van der Waals surface area contributed by atoms with Crippen LogP contribution in [0.5, 0.6) is 11.5 Å². The smallest absolute Gasteiger partial charge is 0.171 e. The first-order valence-electron chi connectivity index (χ1n) is 8.36. The van der Waals surface area contributed by atoms with E-state index in [-0.39, 0.29) is 0 Å². The number of ether oxygens (including phenoxy) is 2. The molecule has 3 heterocycles. The Morgan fingerprint density at radius 2 is 2.04 bits per heavy atom. The van der Waals surface area contributed by atoms with Crippen LogP contribution in [0.1, 0.15) is 23.6 Å². The van der Waals surface area contributed by atoms with Gasteiger partial charge in [0.05, 0.1) is 26.3 Å². The summed E-state index contributed by atoms with van der Waals surface area (Å²) in [6.45, 7) is 3.65. The molecule has 4 rings (SSSR count). The van der Waals surface area contributed by atoms with E-state index in [0.29, 0.717) is 18.0 Å². The summed E-state index contributed by atoms with van der Waals surface area (Å²) >= 11 is 0. The zero-order chi connectivity index (χ0) is 17.4. The van der Waals surface area contributed by atoms with E-state index in [0.717, 1.165) is 48.0 Å². The van der Waals surface area contributed by atoms with E-state index in [1.807, 2.05) is 19.2 Å². The summed E-state index contributed by atoms with van der Waals surface area (Å²) < 4.78 is 15.4. The maximum atomic E-state index is 5.60. The standard InChI is InChI=1S/C18H21N5O2/c1-12-9-13(17(25-3)14(10-12)24-2)18-19-6-8-22(18)11-16-21-20-15-5-4-7-23(15)16/h6,8-10H,4-5,7,11H2,1-3H3. The van der Waals surface area contributed by atoms with Crippen LogP contribution < -0.4 is 9.47 Å². The van der Waals surface area contributed by atoms with Crippen molar-refractivity contribution in [1.29, 1.82) is 0 Å². The first-order valence-corrected chi connectivity index (χ1v) is 8.36. The van der Waals surface area contributed by atoms with Crippen LogP contribution in [0.4, 0.5) is 0 Å². The molecule has 0 amide bonds. The van der Waals surface area contributed by atoms with Crippen molar-refractivity contribution in [2.24, 2.45) is 0 Å². The first-order chi connectivity index (χ1) is 12.2. The first kappa shape index (κ1) is 15.7. The van der Waals surface area contributed by atoms with Gasteiger partial charge in [-0.15, -0.1) is 10.2 Å². The second-order valence-corrected chi connectivity index (χ2v) is 6.21. The Kier molecular flexibility index (Phi) is 3.91. The molecule has 7 heteroatoms. The lowest BCUT2D eigenvalue weighted by molar-refractivity contribution is 0.355. The Balaban J connectivity index is 1.76. The van der Waals surface area contributed by atoms with Crippen molar-refractivity contribution < 1.29 is 9.47 Å². The van der Waals surface area contributed by atoms with Crippen molar-refractivity contribution in [2.45, 2.75) is 32.9 Å². The minimum atomic E-state index is 0.627. The van der Waals surface area contributed by atoms with E-state index in [2.05, 4.69) is 30.4 Å². The molecule has 0 atom stereocenters. The molecule has 0 N–H and O–H groups in total. The number of aryl methyl sites for hydroxylation is 2. The van der Waals surface area contributed by atoms with Gasteiger partial charge < -0.3 is 18.6 Å². The van der Waals surface area contributed by atoms with Crippen LogP contribution in [0.15, 0.2) is 24.5 Å². The monoisotopic (exact) mass is 339 g/mol. The average molecular weight is 339 g/mol. The molecule has 0 saturated carbocycles. The number of hydrogen-bond acceptors (Lipinski definition) is 5. The van der Waals surface area contributed by atoms with E-state index < -0.39 is 0 Å². The number of benzene rings is 1. The minimum Gasteiger partial charge on any atom is -0.493 e. The van der Waals surface area contributed by atoms with Crippen molar-refractivity contribution in [2.75, 3.05) is 14.2 Å². The molecular formula is C18H21N5O2. The number of imidazole rings is 1. The fourth-order valence-corrected chi connectivity index (χ4v) is 3.43. The summed E-state index contributed by atoms with van der Waals surface area (Å²) in [5, 5.41) is 8.64. The number of methoxy groups -OCH3 is 2. The second-order valence-electron chi connectivity index (χ2n) is 6.21. The second kappa shape index (κ2) is 6.23. The van der Waals surface area contributed by atoms with E-state index in [1.165, 1.54) is 0 Å². The predicted octanol–water partition coefficient (Wildman–Crippen LogP) is 2.46. The van der Waals surface area contributed by atoms with Crippen LogP contribution in [0.2, 0.25) is 0 Å². The van der Waals surface area contributed by atoms with Gasteiger partial charge in [-0.3, -0.25) is 0 Å². The molecule has 0 saturated heterocycles. The third kappa shape index (κ3) is 2.65. The number of fused-ring (bicyclic) bond motifs is 1. The molecule has 0 bridgehead atoms. The fourth-order valence-electron chi connectivity index (χ4n) is 3.43. The number of rotatable bonds is 5. The molecule has 25 heavy (non-hydrogen) atoms. The molecule has 0 aliphatic carbocycles. The quantitative estimate of drug-likeness (QED) is 0.714. The van der Waals surface area contributed by atoms with Gasteiger partial charge in [-0.2, -0.15) is 0 Å². The van der Waals surface area contributed by atoms with Gasteiger partial charge in [0, 0.05) is 25.4 Å². The summed E-state index contributed by atoms with van der Waals surface area (Å²) in [5.41, 5.74) is 2.00. The summed E-state index contributed by atoms with van der Waals surface area (Å²) in [7, 11) is 3.29. The van der Waals surface area contributed by atoms with Crippen LogP contribution in [0.25, 0.3) is 11.4 Å². The van der Waals surface area contributed by atoms with Crippen LogP contribution in [-0.4, -0.2) is 38.5 Å². The van der Waals surface area contributed by atoms with Gasteiger partial charge in [-0.25, -0.2) is 4.98 Å². The van der Waals surface area contributed by atoms with Crippen LogP contribution in [0, 0.1) is 6.92 Å². The molecule has 0 unspecified atom stereocenters. The number of nitrogens with zero attached hydrogens (tertiary/aromatic N) is 5. The highest BCUT2D eigenvalue weighted by molar-refractivity contribution is 5.70. The van der Waals surface area contributed by atoms with Crippen molar-refractivity contribution in [3.8, 4) is 22.9 Å². The van der Waals surface area contributed by atoms with E-state index in [1.54, 1.807) is 20.4 Å². The van der Waals surface area contributed by atoms with Gasteiger partial charge in [0.25, 0.3) is 0 Å². The van der Waals surface area contributed by atoms with E-state index in [9.17, 15) is 0 Å². The van der Waals surface area contributed by atoms with E-state index in [4.69, 9.17) is 9.47 Å². The highest BCUT2D eigenvalue weighted by Gasteiger charge is 2.20. The van der Waals surface area contributed by atoms with Crippen molar-refractivity contribution in [3.05, 3.63) is 41.7 Å². The third-order valence-corrected chi connectivity index (χ3v) is 4.58. The van der Waals surface area contributed by atoms with Crippen molar-refractivity contribution in [3.63, 3.8) is 0 Å².